The van der Waals surface area contributed by atoms with Gasteiger partial charge in [-0.15, -0.1) is 0 Å². The van der Waals surface area contributed by atoms with Crippen molar-refractivity contribution >= 4 is 28.6 Å². The van der Waals surface area contributed by atoms with E-state index in [1.807, 2.05) is 12.1 Å². The molecule has 8 nitrogen and oxygen atoms in total. The maximum Gasteiger partial charge on any atom is 0.335 e. The van der Waals surface area contributed by atoms with Crippen molar-refractivity contribution in [2.24, 2.45) is 0 Å². The van der Waals surface area contributed by atoms with E-state index in [0.717, 1.165) is 60.7 Å². The van der Waals surface area contributed by atoms with Crippen LogP contribution >= 0.6 is 11.6 Å². The molecule has 2 aliphatic heterocycles. The van der Waals surface area contributed by atoms with Crippen molar-refractivity contribution in [3.63, 3.8) is 0 Å². The number of fused-ring (bicyclic) bond motifs is 1. The lowest BCUT2D eigenvalue weighted by atomic mass is 10.0. The number of hydrogen-bond donors (Lipinski definition) is 1. The van der Waals surface area contributed by atoms with Crippen molar-refractivity contribution in [2.45, 2.75) is 44.6 Å². The van der Waals surface area contributed by atoms with Crippen molar-refractivity contribution in [1.82, 2.24) is 19.4 Å². The second-order valence-corrected chi connectivity index (χ2v) is 10.5. The Hall–Kier alpha value is -3.53. The topological polar surface area (TPSA) is 89.7 Å². The van der Waals surface area contributed by atoms with Gasteiger partial charge in [0.05, 0.1) is 35.8 Å². The quantitative estimate of drug-likeness (QED) is 0.303. The second kappa shape index (κ2) is 10.9. The van der Waals surface area contributed by atoms with Crippen molar-refractivity contribution in [3.8, 4) is 5.75 Å². The average Bonchev–Trinajstić information content (AvgIpc) is 3.50. The number of ether oxygens (including phenoxy) is 2. The molecule has 202 valence electrons. The van der Waals surface area contributed by atoms with E-state index in [0.29, 0.717) is 18.1 Å². The number of rotatable bonds is 9. The summed E-state index contributed by atoms with van der Waals surface area (Å²) < 4.78 is 27.5. The number of pyridine rings is 1. The van der Waals surface area contributed by atoms with Crippen LogP contribution in [-0.2, 0) is 24.4 Å². The number of likely N-dealkylation sites (tertiary alicyclic amines) is 1. The van der Waals surface area contributed by atoms with Gasteiger partial charge in [0, 0.05) is 36.0 Å². The summed E-state index contributed by atoms with van der Waals surface area (Å²) in [7, 11) is 0. The molecule has 1 N–H and O–H groups in total. The van der Waals surface area contributed by atoms with E-state index in [-0.39, 0.29) is 29.9 Å². The van der Waals surface area contributed by atoms with Crippen LogP contribution in [0.4, 0.5) is 4.39 Å². The van der Waals surface area contributed by atoms with Crippen LogP contribution in [0, 0.1) is 5.82 Å². The predicted molar refractivity (Wildman–Crippen MR) is 144 cm³/mol. The Morgan fingerprint density at radius 3 is 2.82 bits per heavy atom. The number of carboxylic acids is 1. The predicted octanol–water partition coefficient (Wildman–Crippen LogP) is 5.28. The summed E-state index contributed by atoms with van der Waals surface area (Å²) in [5.74, 6) is -0.118. The molecule has 2 aromatic carbocycles. The van der Waals surface area contributed by atoms with Crippen LogP contribution in [-0.4, -0.2) is 56.3 Å². The highest BCUT2D eigenvalue weighted by atomic mass is 35.5. The van der Waals surface area contributed by atoms with Gasteiger partial charge in [0.25, 0.3) is 0 Å². The van der Waals surface area contributed by atoms with Crippen LogP contribution in [0.3, 0.4) is 0 Å². The van der Waals surface area contributed by atoms with Gasteiger partial charge in [0.15, 0.2) is 11.6 Å². The Kier molecular flexibility index (Phi) is 7.20. The number of imidazole rings is 1. The van der Waals surface area contributed by atoms with Crippen molar-refractivity contribution in [3.05, 3.63) is 88.2 Å². The van der Waals surface area contributed by atoms with Gasteiger partial charge in [-0.1, -0.05) is 11.6 Å². The molecule has 2 fully saturated rings. The van der Waals surface area contributed by atoms with E-state index in [1.54, 1.807) is 30.5 Å². The summed E-state index contributed by atoms with van der Waals surface area (Å²) in [5, 5.41) is 9.81. The third-order valence-corrected chi connectivity index (χ3v) is 7.68. The minimum atomic E-state index is -0.952. The summed E-state index contributed by atoms with van der Waals surface area (Å²) >= 11 is 5.83. The van der Waals surface area contributed by atoms with E-state index in [9.17, 15) is 14.3 Å². The Labute approximate surface area is 229 Å². The maximum atomic E-state index is 14.1. The third kappa shape index (κ3) is 5.61. The molecule has 39 heavy (non-hydrogen) atoms. The van der Waals surface area contributed by atoms with Crippen LogP contribution in [0.5, 0.6) is 5.75 Å². The SMILES string of the molecule is O=C(O)c1ccc2nc(CN3CCC(c4cc(COc5ccc(Cl)cc5F)ccn4)C3)n(CC3CCO3)c2c1. The Morgan fingerprint density at radius 2 is 2.05 bits per heavy atom. The third-order valence-electron chi connectivity index (χ3n) is 7.44. The number of aromatic nitrogens is 3. The highest BCUT2D eigenvalue weighted by molar-refractivity contribution is 6.30. The highest BCUT2D eigenvalue weighted by Gasteiger charge is 2.28. The van der Waals surface area contributed by atoms with E-state index in [1.165, 1.54) is 12.1 Å². The second-order valence-electron chi connectivity index (χ2n) is 10.1. The Bertz CT molecular complexity index is 1520. The van der Waals surface area contributed by atoms with Gasteiger partial charge in [-0.25, -0.2) is 14.2 Å². The molecule has 2 unspecified atom stereocenters. The largest absolute Gasteiger partial charge is 0.486 e. The van der Waals surface area contributed by atoms with Crippen LogP contribution in [0.1, 0.15) is 46.2 Å². The van der Waals surface area contributed by atoms with Crippen LogP contribution < -0.4 is 4.74 Å². The number of carboxylic acid groups (broad SMARTS) is 1. The Morgan fingerprint density at radius 1 is 1.18 bits per heavy atom. The normalized spacial score (nSPS) is 19.3. The fourth-order valence-corrected chi connectivity index (χ4v) is 5.40. The molecule has 2 atom stereocenters. The molecule has 0 spiro atoms. The highest BCUT2D eigenvalue weighted by Crippen LogP contribution is 2.30. The lowest BCUT2D eigenvalue weighted by Gasteiger charge is -2.28. The molecule has 2 aromatic heterocycles. The van der Waals surface area contributed by atoms with Crippen molar-refractivity contribution in [2.75, 3.05) is 19.7 Å². The first kappa shape index (κ1) is 25.7. The summed E-state index contributed by atoms with van der Waals surface area (Å²) in [6.07, 6.45) is 3.84. The standard InChI is InChI=1S/C29H28ClFN4O4/c30-21-2-4-27(23(31)13-21)39-17-18-5-8-32-25(11-18)20-6-9-34(14-20)16-28-33-24-3-1-19(29(36)37)12-26(24)35(28)15-22-7-10-38-22/h1-5,8,11-13,20,22H,6-7,9-10,14-17H2,(H,36,37). The summed E-state index contributed by atoms with van der Waals surface area (Å²) in [6.45, 7) is 4.02. The molecule has 0 amide bonds. The molecule has 0 bridgehead atoms. The molecule has 0 saturated carbocycles. The van der Waals surface area contributed by atoms with E-state index >= 15 is 0 Å². The number of hydrogen-bond acceptors (Lipinski definition) is 6. The molecular formula is C29H28ClFN4O4. The first-order valence-electron chi connectivity index (χ1n) is 13.0. The first-order valence-corrected chi connectivity index (χ1v) is 13.4. The fraction of sp³-hybridized carbons (Fsp3) is 0.345. The average molecular weight is 551 g/mol. The van der Waals surface area contributed by atoms with Crippen LogP contribution in [0.15, 0.2) is 54.7 Å². The summed E-state index contributed by atoms with van der Waals surface area (Å²) in [4.78, 5) is 23.4. The van der Waals surface area contributed by atoms with Crippen LogP contribution in [0.2, 0.25) is 5.02 Å². The molecule has 2 saturated heterocycles. The number of carbonyl (C=O) groups is 1. The zero-order valence-corrected chi connectivity index (χ0v) is 22.0. The monoisotopic (exact) mass is 550 g/mol. The Balaban J connectivity index is 1.15. The van der Waals surface area contributed by atoms with Crippen molar-refractivity contribution in [1.29, 1.82) is 0 Å². The van der Waals surface area contributed by atoms with E-state index in [4.69, 9.17) is 26.1 Å². The zero-order valence-electron chi connectivity index (χ0n) is 21.2. The summed E-state index contributed by atoms with van der Waals surface area (Å²) in [5.41, 5.74) is 3.76. The van der Waals surface area contributed by atoms with Gasteiger partial charge in [0.2, 0.25) is 0 Å². The maximum absolute atomic E-state index is 14.1. The minimum Gasteiger partial charge on any atom is -0.486 e. The lowest BCUT2D eigenvalue weighted by Crippen LogP contribution is -2.32. The number of benzene rings is 2. The summed E-state index contributed by atoms with van der Waals surface area (Å²) in [6, 6.07) is 13.3. The molecule has 0 aliphatic carbocycles. The smallest absolute Gasteiger partial charge is 0.335 e. The van der Waals surface area contributed by atoms with Gasteiger partial charge in [-0.3, -0.25) is 9.88 Å². The number of halogens is 2. The van der Waals surface area contributed by atoms with E-state index < -0.39 is 11.8 Å². The van der Waals surface area contributed by atoms with Gasteiger partial charge < -0.3 is 19.1 Å². The molecule has 0 radical (unpaired) electrons. The molecule has 4 aromatic rings. The molecule has 6 rings (SSSR count). The first-order chi connectivity index (χ1) is 18.9. The lowest BCUT2D eigenvalue weighted by molar-refractivity contribution is -0.0591. The van der Waals surface area contributed by atoms with E-state index in [2.05, 4.69) is 14.5 Å². The fourth-order valence-electron chi connectivity index (χ4n) is 5.24. The molecule has 4 heterocycles. The molecular weight excluding hydrogens is 523 g/mol. The van der Waals surface area contributed by atoms with Crippen LogP contribution in [0.25, 0.3) is 11.0 Å². The van der Waals surface area contributed by atoms with Gasteiger partial charge >= 0.3 is 5.97 Å². The zero-order chi connectivity index (χ0) is 26.9. The molecule has 2 aliphatic rings. The number of nitrogens with zero attached hydrogens (tertiary/aromatic N) is 4. The van der Waals surface area contributed by atoms with Gasteiger partial charge in [0.1, 0.15) is 12.4 Å². The molecule has 10 heteroatoms. The minimum absolute atomic E-state index is 0.122. The van der Waals surface area contributed by atoms with Gasteiger partial charge in [-0.2, -0.15) is 0 Å². The van der Waals surface area contributed by atoms with Crippen molar-refractivity contribution < 1.29 is 23.8 Å². The van der Waals surface area contributed by atoms with Gasteiger partial charge in [-0.05, 0) is 73.5 Å². The number of aromatic carboxylic acids is 1.